The van der Waals surface area contributed by atoms with Gasteiger partial charge in [-0.1, -0.05) is 0 Å². The van der Waals surface area contributed by atoms with Gasteiger partial charge < -0.3 is 4.74 Å². The molecule has 1 aliphatic rings. The van der Waals surface area contributed by atoms with Crippen LogP contribution in [0.3, 0.4) is 0 Å². The zero-order chi connectivity index (χ0) is 13.8. The van der Waals surface area contributed by atoms with Crippen molar-refractivity contribution < 1.29 is 26.3 Å². The first-order chi connectivity index (χ1) is 8.24. The van der Waals surface area contributed by atoms with Crippen LogP contribution >= 0.6 is 11.6 Å². The molecule has 0 radical (unpaired) electrons. The van der Waals surface area contributed by atoms with Crippen LogP contribution < -0.4 is 0 Å². The second-order valence-corrected chi connectivity index (χ2v) is 6.44. The molecule has 0 aromatic carbocycles. The second-order valence-electron chi connectivity index (χ2n) is 4.04. The maximum atomic E-state index is 11.9. The van der Waals surface area contributed by atoms with Crippen LogP contribution in [0.2, 0.25) is 0 Å². The summed E-state index contributed by atoms with van der Waals surface area (Å²) in [6.07, 6.45) is -6.22. The molecule has 108 valence electrons. The van der Waals surface area contributed by atoms with Gasteiger partial charge in [0.15, 0.2) is 0 Å². The van der Waals surface area contributed by atoms with Crippen molar-refractivity contribution in [2.75, 3.05) is 31.3 Å². The predicted octanol–water partition coefficient (Wildman–Crippen LogP) is 1.60. The smallest absolute Gasteiger partial charge is 0.374 e. The van der Waals surface area contributed by atoms with E-state index in [1.54, 1.807) is 0 Å². The Balaban J connectivity index is 2.47. The first kappa shape index (κ1) is 16.0. The normalized spacial score (nSPS) is 23.2. The Morgan fingerprint density at radius 1 is 1.39 bits per heavy atom. The first-order valence-corrected chi connectivity index (χ1v) is 7.61. The summed E-state index contributed by atoms with van der Waals surface area (Å²) in [5.41, 5.74) is 0. The van der Waals surface area contributed by atoms with E-state index in [0.29, 0.717) is 0 Å². The summed E-state index contributed by atoms with van der Waals surface area (Å²) < 4.78 is 65.8. The fourth-order valence-electron chi connectivity index (χ4n) is 1.62. The minimum Gasteiger partial charge on any atom is -0.374 e. The lowest BCUT2D eigenvalue weighted by Crippen LogP contribution is -2.47. The van der Waals surface area contributed by atoms with E-state index in [-0.39, 0.29) is 25.6 Å². The van der Waals surface area contributed by atoms with Crippen LogP contribution in [0.5, 0.6) is 0 Å². The summed E-state index contributed by atoms with van der Waals surface area (Å²) in [5, 5.41) is 0. The molecular formula is C9H15ClF3NO3S. The highest BCUT2D eigenvalue weighted by Crippen LogP contribution is 2.22. The summed E-state index contributed by atoms with van der Waals surface area (Å²) >= 11 is 5.56. The summed E-state index contributed by atoms with van der Waals surface area (Å²) in [7, 11) is -3.65. The van der Waals surface area contributed by atoms with E-state index in [1.807, 2.05) is 0 Å². The fourth-order valence-corrected chi connectivity index (χ4v) is 3.32. The highest BCUT2D eigenvalue weighted by Gasteiger charge is 2.31. The van der Waals surface area contributed by atoms with Gasteiger partial charge in [0.2, 0.25) is 10.0 Å². The van der Waals surface area contributed by atoms with Crippen LogP contribution in [0.1, 0.15) is 12.8 Å². The summed E-state index contributed by atoms with van der Waals surface area (Å²) in [5.74, 6) is -0.337. The lowest BCUT2D eigenvalue weighted by molar-refractivity contribution is -0.134. The van der Waals surface area contributed by atoms with Gasteiger partial charge in [0.25, 0.3) is 0 Å². The Morgan fingerprint density at radius 2 is 2.06 bits per heavy atom. The van der Waals surface area contributed by atoms with Gasteiger partial charge in [-0.05, 0) is 6.42 Å². The third-order valence-electron chi connectivity index (χ3n) is 2.53. The molecule has 0 aromatic rings. The molecule has 0 saturated carbocycles. The van der Waals surface area contributed by atoms with E-state index >= 15 is 0 Å². The van der Waals surface area contributed by atoms with Crippen LogP contribution in [-0.2, 0) is 14.8 Å². The van der Waals surface area contributed by atoms with Gasteiger partial charge in [0.05, 0.1) is 18.5 Å². The van der Waals surface area contributed by atoms with E-state index in [2.05, 4.69) is 0 Å². The monoisotopic (exact) mass is 309 g/mol. The van der Waals surface area contributed by atoms with Gasteiger partial charge in [-0.25, -0.2) is 8.42 Å². The molecule has 18 heavy (non-hydrogen) atoms. The van der Waals surface area contributed by atoms with Crippen LogP contribution in [0.4, 0.5) is 13.2 Å². The number of sulfonamides is 1. The van der Waals surface area contributed by atoms with Gasteiger partial charge in [-0.3, -0.25) is 0 Å². The molecule has 0 aliphatic carbocycles. The van der Waals surface area contributed by atoms with Crippen molar-refractivity contribution in [1.82, 2.24) is 4.31 Å². The Hall–Kier alpha value is -0.0500. The molecule has 0 amide bonds. The third-order valence-corrected chi connectivity index (χ3v) is 4.80. The van der Waals surface area contributed by atoms with Crippen LogP contribution in [0.15, 0.2) is 0 Å². The Labute approximate surface area is 109 Å². The molecule has 1 atom stereocenters. The number of ether oxygens (including phenoxy) is 1. The number of alkyl halides is 4. The molecule has 0 aromatic heterocycles. The maximum absolute atomic E-state index is 11.9. The highest BCUT2D eigenvalue weighted by atomic mass is 35.5. The van der Waals surface area contributed by atoms with Gasteiger partial charge in [0.1, 0.15) is 0 Å². The molecule has 9 heteroatoms. The minimum absolute atomic E-state index is 0.109. The standard InChI is InChI=1S/C9H15ClF3NO3S/c10-6-8-7-14(3-4-17-8)18(15,16)5-1-2-9(11,12)13/h8H,1-7H2. The van der Waals surface area contributed by atoms with E-state index in [9.17, 15) is 21.6 Å². The largest absolute Gasteiger partial charge is 0.389 e. The van der Waals surface area contributed by atoms with E-state index in [1.165, 1.54) is 0 Å². The molecular weight excluding hydrogens is 295 g/mol. The zero-order valence-corrected chi connectivity index (χ0v) is 11.2. The third kappa shape index (κ3) is 5.29. The maximum Gasteiger partial charge on any atom is 0.389 e. The zero-order valence-electron chi connectivity index (χ0n) is 9.62. The average Bonchev–Trinajstić information content (AvgIpc) is 2.27. The average molecular weight is 310 g/mol. The van der Waals surface area contributed by atoms with Crippen LogP contribution in [0.25, 0.3) is 0 Å². The fraction of sp³-hybridized carbons (Fsp3) is 1.00. The minimum atomic E-state index is -4.32. The van der Waals surface area contributed by atoms with Crippen molar-refractivity contribution in [2.24, 2.45) is 0 Å². The number of halogens is 4. The predicted molar refractivity (Wildman–Crippen MR) is 61.1 cm³/mol. The molecule has 1 fully saturated rings. The molecule has 0 N–H and O–H groups in total. The lowest BCUT2D eigenvalue weighted by atomic mass is 10.3. The number of rotatable bonds is 5. The quantitative estimate of drug-likeness (QED) is 0.725. The van der Waals surface area contributed by atoms with Crippen molar-refractivity contribution in [3.63, 3.8) is 0 Å². The molecule has 1 saturated heterocycles. The number of nitrogens with zero attached hydrogens (tertiary/aromatic N) is 1. The van der Waals surface area contributed by atoms with Gasteiger partial charge in [-0.15, -0.1) is 11.6 Å². The Kier molecular flexibility index (Phi) is 5.69. The summed E-state index contributed by atoms with van der Waals surface area (Å²) in [6, 6.07) is 0. The van der Waals surface area contributed by atoms with Gasteiger partial charge in [-0.2, -0.15) is 17.5 Å². The topological polar surface area (TPSA) is 46.6 Å². The number of hydrogen-bond donors (Lipinski definition) is 0. The van der Waals surface area contributed by atoms with Crippen molar-refractivity contribution in [1.29, 1.82) is 0 Å². The number of morpholine rings is 1. The lowest BCUT2D eigenvalue weighted by Gasteiger charge is -2.31. The Bertz CT molecular complexity index is 361. The molecule has 0 bridgehead atoms. The summed E-state index contributed by atoms with van der Waals surface area (Å²) in [4.78, 5) is 0. The van der Waals surface area contributed by atoms with E-state index < -0.39 is 40.9 Å². The van der Waals surface area contributed by atoms with E-state index in [0.717, 1.165) is 4.31 Å². The van der Waals surface area contributed by atoms with Gasteiger partial charge in [0, 0.05) is 25.4 Å². The van der Waals surface area contributed by atoms with Crippen molar-refractivity contribution >= 4 is 21.6 Å². The van der Waals surface area contributed by atoms with Crippen molar-refractivity contribution in [3.05, 3.63) is 0 Å². The Morgan fingerprint density at radius 3 is 2.61 bits per heavy atom. The van der Waals surface area contributed by atoms with E-state index in [4.69, 9.17) is 16.3 Å². The molecule has 0 spiro atoms. The van der Waals surface area contributed by atoms with Crippen molar-refractivity contribution in [3.8, 4) is 0 Å². The van der Waals surface area contributed by atoms with Crippen LogP contribution in [-0.4, -0.2) is 56.3 Å². The molecule has 1 rings (SSSR count). The van der Waals surface area contributed by atoms with Crippen LogP contribution in [0, 0.1) is 0 Å². The molecule has 4 nitrogen and oxygen atoms in total. The SMILES string of the molecule is O=S(=O)(CCCC(F)(F)F)N1CCOC(CCl)C1. The molecule has 1 unspecified atom stereocenters. The molecule has 1 heterocycles. The number of hydrogen-bond acceptors (Lipinski definition) is 3. The first-order valence-electron chi connectivity index (χ1n) is 5.47. The second kappa shape index (κ2) is 6.40. The van der Waals surface area contributed by atoms with Gasteiger partial charge >= 0.3 is 6.18 Å². The summed E-state index contributed by atoms with van der Waals surface area (Å²) in [6.45, 7) is 0.496. The van der Waals surface area contributed by atoms with Crippen molar-refractivity contribution in [2.45, 2.75) is 25.1 Å². The highest BCUT2D eigenvalue weighted by molar-refractivity contribution is 7.89. The molecule has 1 aliphatic heterocycles.